The lowest BCUT2D eigenvalue weighted by Gasteiger charge is -2.31. The van der Waals surface area contributed by atoms with Crippen LogP contribution in [0, 0.1) is 6.92 Å². The average molecular weight is 288 g/mol. The van der Waals surface area contributed by atoms with E-state index in [1.54, 1.807) is 0 Å². The van der Waals surface area contributed by atoms with Gasteiger partial charge >= 0.3 is 0 Å². The van der Waals surface area contributed by atoms with Crippen molar-refractivity contribution in [1.82, 2.24) is 0 Å². The molecule has 2 aromatic carbocycles. The number of benzene rings is 2. The molecule has 106 valence electrons. The van der Waals surface area contributed by atoms with Gasteiger partial charge in [-0.1, -0.05) is 42.5 Å². The zero-order chi connectivity index (χ0) is 14.5. The monoisotopic (exact) mass is 287 g/mol. The topological polar surface area (TPSA) is 3.24 Å². The number of alkyl halides is 1. The van der Waals surface area contributed by atoms with Gasteiger partial charge in [0.1, 0.15) is 0 Å². The molecule has 0 aromatic heterocycles. The van der Waals surface area contributed by atoms with Gasteiger partial charge in [0.25, 0.3) is 0 Å². The molecule has 0 aliphatic heterocycles. The number of anilines is 1. The van der Waals surface area contributed by atoms with Crippen molar-refractivity contribution in [1.29, 1.82) is 0 Å². The molecule has 0 bridgehead atoms. The van der Waals surface area contributed by atoms with Gasteiger partial charge in [-0.25, -0.2) is 0 Å². The second kappa shape index (κ2) is 6.81. The molecular weight excluding hydrogens is 266 g/mol. The van der Waals surface area contributed by atoms with Gasteiger partial charge in [-0.05, 0) is 43.5 Å². The summed E-state index contributed by atoms with van der Waals surface area (Å²) in [5.41, 5.74) is 5.09. The molecule has 2 heteroatoms. The molecule has 2 aromatic rings. The van der Waals surface area contributed by atoms with Crippen molar-refractivity contribution in [2.24, 2.45) is 0 Å². The lowest BCUT2D eigenvalue weighted by Crippen LogP contribution is -2.30. The molecule has 0 spiro atoms. The van der Waals surface area contributed by atoms with Gasteiger partial charge in [0.05, 0.1) is 0 Å². The van der Waals surface area contributed by atoms with E-state index >= 15 is 0 Å². The first-order valence-electron chi connectivity index (χ1n) is 7.08. The summed E-state index contributed by atoms with van der Waals surface area (Å²) in [6, 6.07) is 17.6. The van der Waals surface area contributed by atoms with Crippen LogP contribution in [0.4, 0.5) is 5.69 Å². The molecule has 2 rings (SSSR count). The van der Waals surface area contributed by atoms with Crippen LogP contribution in [0.15, 0.2) is 48.5 Å². The van der Waals surface area contributed by atoms with Crippen molar-refractivity contribution in [3.8, 4) is 0 Å². The van der Waals surface area contributed by atoms with Gasteiger partial charge in [0.2, 0.25) is 0 Å². The van der Waals surface area contributed by atoms with Crippen molar-refractivity contribution in [2.45, 2.75) is 39.2 Å². The second-order valence-electron chi connectivity index (χ2n) is 5.46. The minimum atomic E-state index is 0.454. The quantitative estimate of drug-likeness (QED) is 0.688. The van der Waals surface area contributed by atoms with Gasteiger partial charge < -0.3 is 4.90 Å². The van der Waals surface area contributed by atoms with Crippen LogP contribution in [0.2, 0.25) is 0 Å². The Balaban J connectivity index is 2.29. The van der Waals surface area contributed by atoms with Gasteiger partial charge in [0, 0.05) is 24.2 Å². The summed E-state index contributed by atoms with van der Waals surface area (Å²) < 4.78 is 0. The van der Waals surface area contributed by atoms with E-state index in [2.05, 4.69) is 74.2 Å². The standard InChI is InChI=1S/C18H22ClN/c1-14(2)20(13-16-7-5-4-6-8-16)18-10-9-17(12-19)11-15(18)3/h4-11,14H,12-13H2,1-3H3. The number of aryl methyl sites for hydroxylation is 1. The fourth-order valence-corrected chi connectivity index (χ4v) is 2.62. The van der Waals surface area contributed by atoms with Crippen molar-refractivity contribution >= 4 is 17.3 Å². The molecule has 0 aliphatic carbocycles. The maximum Gasteiger partial charge on any atom is 0.0474 e. The van der Waals surface area contributed by atoms with E-state index in [4.69, 9.17) is 11.6 Å². The fraction of sp³-hybridized carbons (Fsp3) is 0.333. The zero-order valence-electron chi connectivity index (χ0n) is 12.4. The van der Waals surface area contributed by atoms with E-state index in [1.165, 1.54) is 22.4 Å². The molecule has 0 fully saturated rings. The third-order valence-electron chi connectivity index (χ3n) is 3.54. The van der Waals surface area contributed by atoms with E-state index < -0.39 is 0 Å². The summed E-state index contributed by atoms with van der Waals surface area (Å²) in [7, 11) is 0. The van der Waals surface area contributed by atoms with Gasteiger partial charge in [0.15, 0.2) is 0 Å². The van der Waals surface area contributed by atoms with Crippen LogP contribution in [0.3, 0.4) is 0 Å². The summed E-state index contributed by atoms with van der Waals surface area (Å²) in [5.74, 6) is 0.571. The van der Waals surface area contributed by atoms with Crippen molar-refractivity contribution in [3.63, 3.8) is 0 Å². The number of halogens is 1. The molecule has 20 heavy (non-hydrogen) atoms. The van der Waals surface area contributed by atoms with Crippen LogP contribution in [-0.4, -0.2) is 6.04 Å². The Morgan fingerprint density at radius 2 is 1.70 bits per heavy atom. The summed E-state index contributed by atoms with van der Waals surface area (Å²) in [6.07, 6.45) is 0. The smallest absolute Gasteiger partial charge is 0.0474 e. The Morgan fingerprint density at radius 3 is 2.25 bits per heavy atom. The number of hydrogen-bond donors (Lipinski definition) is 0. The van der Waals surface area contributed by atoms with Crippen LogP contribution in [0.5, 0.6) is 0 Å². The Kier molecular flexibility index (Phi) is 5.08. The second-order valence-corrected chi connectivity index (χ2v) is 5.73. The predicted octanol–water partition coefficient (Wildman–Crippen LogP) is 5.15. The summed E-state index contributed by atoms with van der Waals surface area (Å²) in [5, 5.41) is 0. The maximum absolute atomic E-state index is 5.91. The molecule has 0 amide bonds. The Hall–Kier alpha value is -1.47. The molecular formula is C18H22ClN. The van der Waals surface area contributed by atoms with E-state index in [1.807, 2.05) is 0 Å². The molecule has 1 nitrogen and oxygen atoms in total. The lowest BCUT2D eigenvalue weighted by atomic mass is 10.1. The lowest BCUT2D eigenvalue weighted by molar-refractivity contribution is 0.680. The Morgan fingerprint density at radius 1 is 1.00 bits per heavy atom. The third-order valence-corrected chi connectivity index (χ3v) is 3.85. The molecule has 0 heterocycles. The Bertz CT molecular complexity index is 549. The van der Waals surface area contributed by atoms with E-state index in [0.29, 0.717) is 11.9 Å². The molecule has 0 N–H and O–H groups in total. The average Bonchev–Trinajstić information content (AvgIpc) is 2.46. The third kappa shape index (κ3) is 3.55. The van der Waals surface area contributed by atoms with E-state index in [0.717, 1.165) is 6.54 Å². The van der Waals surface area contributed by atoms with E-state index in [9.17, 15) is 0 Å². The molecule has 0 radical (unpaired) electrons. The van der Waals surface area contributed by atoms with Crippen LogP contribution in [-0.2, 0) is 12.4 Å². The van der Waals surface area contributed by atoms with Gasteiger partial charge in [-0.15, -0.1) is 11.6 Å². The summed E-state index contributed by atoms with van der Waals surface area (Å²) in [6.45, 7) is 7.56. The first-order valence-corrected chi connectivity index (χ1v) is 7.61. The normalized spacial score (nSPS) is 10.8. The van der Waals surface area contributed by atoms with E-state index in [-0.39, 0.29) is 0 Å². The molecule has 0 aliphatic rings. The largest absolute Gasteiger partial charge is 0.365 e. The van der Waals surface area contributed by atoms with Crippen molar-refractivity contribution in [3.05, 3.63) is 65.2 Å². The first kappa shape index (κ1) is 14.9. The molecule has 0 saturated heterocycles. The van der Waals surface area contributed by atoms with Crippen LogP contribution < -0.4 is 4.90 Å². The van der Waals surface area contributed by atoms with Crippen LogP contribution in [0.1, 0.15) is 30.5 Å². The summed E-state index contributed by atoms with van der Waals surface area (Å²) in [4.78, 5) is 2.43. The highest BCUT2D eigenvalue weighted by atomic mass is 35.5. The minimum Gasteiger partial charge on any atom is -0.365 e. The number of hydrogen-bond acceptors (Lipinski definition) is 1. The van der Waals surface area contributed by atoms with Gasteiger partial charge in [-0.3, -0.25) is 0 Å². The van der Waals surface area contributed by atoms with Crippen molar-refractivity contribution in [2.75, 3.05) is 4.90 Å². The molecule has 0 atom stereocenters. The van der Waals surface area contributed by atoms with Crippen molar-refractivity contribution < 1.29 is 0 Å². The highest BCUT2D eigenvalue weighted by molar-refractivity contribution is 6.17. The number of rotatable bonds is 5. The zero-order valence-corrected chi connectivity index (χ0v) is 13.2. The highest BCUT2D eigenvalue weighted by Crippen LogP contribution is 2.25. The molecule has 0 saturated carbocycles. The first-order chi connectivity index (χ1) is 9.61. The predicted molar refractivity (Wildman–Crippen MR) is 88.5 cm³/mol. The van der Waals surface area contributed by atoms with Gasteiger partial charge in [-0.2, -0.15) is 0 Å². The Labute approximate surface area is 127 Å². The molecule has 0 unspecified atom stereocenters. The summed E-state index contributed by atoms with van der Waals surface area (Å²) >= 11 is 5.91. The van der Waals surface area contributed by atoms with Crippen LogP contribution in [0.25, 0.3) is 0 Å². The maximum atomic E-state index is 5.91. The minimum absolute atomic E-state index is 0.454. The highest BCUT2D eigenvalue weighted by Gasteiger charge is 2.13. The fourth-order valence-electron chi connectivity index (χ4n) is 2.45. The number of nitrogens with zero attached hydrogens (tertiary/aromatic N) is 1. The van der Waals surface area contributed by atoms with Crippen LogP contribution >= 0.6 is 11.6 Å². The SMILES string of the molecule is Cc1cc(CCl)ccc1N(Cc1ccccc1)C(C)C.